The minimum atomic E-state index is -0.310. The molecule has 7 nitrogen and oxygen atoms in total. The molecule has 1 aliphatic carbocycles. The van der Waals surface area contributed by atoms with Gasteiger partial charge in [-0.05, 0) is 31.9 Å². The van der Waals surface area contributed by atoms with Crippen LogP contribution < -0.4 is 5.32 Å². The Hall–Kier alpha value is -2.31. The van der Waals surface area contributed by atoms with Crippen LogP contribution in [-0.4, -0.2) is 65.6 Å². The lowest BCUT2D eigenvalue weighted by Crippen LogP contribution is -2.50. The molecule has 7 heteroatoms. The molecule has 2 heterocycles. The Bertz CT molecular complexity index is 591. The number of ether oxygens (including phenoxy) is 1. The molecule has 3 rings (SSSR count). The van der Waals surface area contributed by atoms with Gasteiger partial charge in [-0.2, -0.15) is 0 Å². The van der Waals surface area contributed by atoms with E-state index in [-0.39, 0.29) is 12.0 Å². The van der Waals surface area contributed by atoms with Crippen LogP contribution in [0.3, 0.4) is 0 Å². The van der Waals surface area contributed by atoms with Crippen molar-refractivity contribution in [3.63, 3.8) is 0 Å². The van der Waals surface area contributed by atoms with E-state index in [0.29, 0.717) is 44.5 Å². The van der Waals surface area contributed by atoms with Gasteiger partial charge in [0.2, 0.25) is 0 Å². The molecule has 25 heavy (non-hydrogen) atoms. The van der Waals surface area contributed by atoms with Crippen molar-refractivity contribution in [2.45, 2.75) is 38.6 Å². The maximum Gasteiger partial charge on any atom is 0.409 e. The van der Waals surface area contributed by atoms with Crippen LogP contribution in [-0.2, 0) is 4.74 Å². The standard InChI is InChI=1S/C18H26N4O3/c1-2-25-18(24)22-11-9-21(10-12-22)17(23)16-8-7-15(13-19-16)20-14-5-3-4-6-14/h7-8,13-14,20H,2-6,9-12H2,1H3. The molecule has 2 amide bonds. The van der Waals surface area contributed by atoms with Gasteiger partial charge in [0, 0.05) is 32.2 Å². The molecule has 136 valence electrons. The molecule has 0 atom stereocenters. The molecule has 0 bridgehead atoms. The van der Waals surface area contributed by atoms with Crippen LogP contribution in [0.1, 0.15) is 43.1 Å². The van der Waals surface area contributed by atoms with Crippen molar-refractivity contribution in [3.05, 3.63) is 24.0 Å². The average Bonchev–Trinajstić information content (AvgIpc) is 3.15. The third kappa shape index (κ3) is 4.41. The third-order valence-corrected chi connectivity index (χ3v) is 4.80. The number of piperazine rings is 1. The molecule has 0 spiro atoms. The second-order valence-electron chi connectivity index (χ2n) is 6.54. The molecule has 2 aliphatic rings. The number of nitrogens with zero attached hydrogens (tertiary/aromatic N) is 3. The number of amides is 2. The van der Waals surface area contributed by atoms with Crippen LogP contribution in [0, 0.1) is 0 Å². The highest BCUT2D eigenvalue weighted by Crippen LogP contribution is 2.22. The summed E-state index contributed by atoms with van der Waals surface area (Å²) in [6.45, 7) is 4.14. The maximum atomic E-state index is 12.6. The van der Waals surface area contributed by atoms with Gasteiger partial charge in [-0.1, -0.05) is 12.8 Å². The first kappa shape index (κ1) is 17.5. The molecular formula is C18H26N4O3. The van der Waals surface area contributed by atoms with Gasteiger partial charge in [-0.15, -0.1) is 0 Å². The lowest BCUT2D eigenvalue weighted by Gasteiger charge is -2.33. The summed E-state index contributed by atoms with van der Waals surface area (Å²) in [6.07, 6.45) is 6.38. The van der Waals surface area contributed by atoms with Crippen LogP contribution in [0.4, 0.5) is 10.5 Å². The van der Waals surface area contributed by atoms with Gasteiger partial charge in [0.05, 0.1) is 18.5 Å². The van der Waals surface area contributed by atoms with Crippen molar-refractivity contribution >= 4 is 17.7 Å². The Labute approximate surface area is 148 Å². The Morgan fingerprint density at radius 2 is 1.84 bits per heavy atom. The summed E-state index contributed by atoms with van der Waals surface area (Å²) >= 11 is 0. The van der Waals surface area contributed by atoms with Crippen molar-refractivity contribution in [3.8, 4) is 0 Å². The van der Waals surface area contributed by atoms with E-state index in [2.05, 4.69) is 10.3 Å². The monoisotopic (exact) mass is 346 g/mol. The number of aromatic nitrogens is 1. The summed E-state index contributed by atoms with van der Waals surface area (Å²) in [5.74, 6) is -0.0871. The van der Waals surface area contributed by atoms with Crippen molar-refractivity contribution in [2.24, 2.45) is 0 Å². The molecule has 1 aromatic heterocycles. The minimum Gasteiger partial charge on any atom is -0.450 e. The van der Waals surface area contributed by atoms with E-state index < -0.39 is 0 Å². The van der Waals surface area contributed by atoms with Crippen LogP contribution in [0.15, 0.2) is 18.3 Å². The van der Waals surface area contributed by atoms with Crippen molar-refractivity contribution in [1.29, 1.82) is 0 Å². The summed E-state index contributed by atoms with van der Waals surface area (Å²) in [5, 5.41) is 3.47. The van der Waals surface area contributed by atoms with E-state index >= 15 is 0 Å². The molecular weight excluding hydrogens is 320 g/mol. The molecule has 2 fully saturated rings. The number of anilines is 1. The third-order valence-electron chi connectivity index (χ3n) is 4.80. The SMILES string of the molecule is CCOC(=O)N1CCN(C(=O)c2ccc(NC3CCCC3)cn2)CC1. The fourth-order valence-corrected chi connectivity index (χ4v) is 3.38. The number of rotatable bonds is 4. The summed E-state index contributed by atoms with van der Waals surface area (Å²) < 4.78 is 4.99. The Morgan fingerprint density at radius 1 is 1.16 bits per heavy atom. The van der Waals surface area contributed by atoms with E-state index in [4.69, 9.17) is 4.74 Å². The molecule has 1 saturated carbocycles. The molecule has 1 saturated heterocycles. The number of pyridine rings is 1. The fourth-order valence-electron chi connectivity index (χ4n) is 3.38. The van der Waals surface area contributed by atoms with Crippen LogP contribution in [0.25, 0.3) is 0 Å². The minimum absolute atomic E-state index is 0.0871. The number of carbonyl (C=O) groups is 2. The van der Waals surface area contributed by atoms with Crippen molar-refractivity contribution < 1.29 is 14.3 Å². The van der Waals surface area contributed by atoms with Crippen molar-refractivity contribution in [1.82, 2.24) is 14.8 Å². The van der Waals surface area contributed by atoms with Crippen LogP contribution in [0.5, 0.6) is 0 Å². The Morgan fingerprint density at radius 3 is 2.44 bits per heavy atom. The van der Waals surface area contributed by atoms with E-state index in [1.807, 2.05) is 6.07 Å². The van der Waals surface area contributed by atoms with E-state index in [0.717, 1.165) is 5.69 Å². The average molecular weight is 346 g/mol. The molecule has 1 aliphatic heterocycles. The number of carbonyl (C=O) groups excluding carboxylic acids is 2. The van der Waals surface area contributed by atoms with Gasteiger partial charge in [-0.3, -0.25) is 4.79 Å². The molecule has 0 unspecified atom stereocenters. The second kappa shape index (κ2) is 8.18. The number of hydrogen-bond acceptors (Lipinski definition) is 5. The molecule has 1 aromatic rings. The largest absolute Gasteiger partial charge is 0.450 e. The highest BCUT2D eigenvalue weighted by Gasteiger charge is 2.26. The van der Waals surface area contributed by atoms with Gasteiger partial charge in [-0.25, -0.2) is 9.78 Å². The highest BCUT2D eigenvalue weighted by atomic mass is 16.6. The molecule has 0 aromatic carbocycles. The van der Waals surface area contributed by atoms with Crippen LogP contribution in [0.2, 0.25) is 0 Å². The van der Waals surface area contributed by atoms with Gasteiger partial charge < -0.3 is 19.9 Å². The predicted octanol–water partition coefficient (Wildman–Crippen LogP) is 2.35. The highest BCUT2D eigenvalue weighted by molar-refractivity contribution is 5.92. The second-order valence-corrected chi connectivity index (χ2v) is 6.54. The first-order chi connectivity index (χ1) is 12.2. The van der Waals surface area contributed by atoms with Crippen molar-refractivity contribution in [2.75, 3.05) is 38.1 Å². The van der Waals surface area contributed by atoms with E-state index in [1.54, 1.807) is 29.0 Å². The van der Waals surface area contributed by atoms with E-state index in [1.165, 1.54) is 25.7 Å². The number of nitrogens with one attached hydrogen (secondary N) is 1. The molecule has 0 radical (unpaired) electrons. The van der Waals surface area contributed by atoms with Gasteiger partial charge >= 0.3 is 6.09 Å². The summed E-state index contributed by atoms with van der Waals surface area (Å²) in [4.78, 5) is 32.0. The summed E-state index contributed by atoms with van der Waals surface area (Å²) in [6, 6.07) is 4.23. The summed E-state index contributed by atoms with van der Waals surface area (Å²) in [7, 11) is 0. The first-order valence-electron chi connectivity index (χ1n) is 9.11. The van der Waals surface area contributed by atoms with E-state index in [9.17, 15) is 9.59 Å². The van der Waals surface area contributed by atoms with Gasteiger partial charge in [0.25, 0.3) is 5.91 Å². The lowest BCUT2D eigenvalue weighted by molar-refractivity contribution is 0.0566. The fraction of sp³-hybridized carbons (Fsp3) is 0.611. The normalized spacial score (nSPS) is 18.3. The first-order valence-corrected chi connectivity index (χ1v) is 9.11. The Balaban J connectivity index is 1.52. The predicted molar refractivity (Wildman–Crippen MR) is 94.6 cm³/mol. The zero-order valence-electron chi connectivity index (χ0n) is 14.7. The molecule has 1 N–H and O–H groups in total. The summed E-state index contributed by atoms with van der Waals surface area (Å²) in [5.41, 5.74) is 1.41. The van der Waals surface area contributed by atoms with Crippen LogP contribution >= 0.6 is 0 Å². The maximum absolute atomic E-state index is 12.6. The topological polar surface area (TPSA) is 74.8 Å². The Kier molecular flexibility index (Phi) is 5.73. The zero-order valence-corrected chi connectivity index (χ0v) is 14.7. The zero-order chi connectivity index (χ0) is 17.6. The quantitative estimate of drug-likeness (QED) is 0.906. The lowest BCUT2D eigenvalue weighted by atomic mass is 10.2. The van der Waals surface area contributed by atoms with Gasteiger partial charge in [0.15, 0.2) is 0 Å². The smallest absolute Gasteiger partial charge is 0.409 e. The van der Waals surface area contributed by atoms with Gasteiger partial charge in [0.1, 0.15) is 5.69 Å². The number of hydrogen-bond donors (Lipinski definition) is 1.